The lowest BCUT2D eigenvalue weighted by molar-refractivity contribution is -0.143. The van der Waals surface area contributed by atoms with Gasteiger partial charge in [0.25, 0.3) is 5.91 Å². The van der Waals surface area contributed by atoms with E-state index in [0.29, 0.717) is 31.1 Å². The van der Waals surface area contributed by atoms with Gasteiger partial charge in [0.1, 0.15) is 5.69 Å². The standard InChI is InChI=1S/C22H28N2O3/c1-5-10-24-19-9-8-16(14(2)3)12-18(19)15(4)20(24)21(25)23-11-6-7-17(13-23)22(26)27/h5,8-9,12,14,17H,1,6-7,10-11,13H2,2-4H3,(H,26,27). The number of fused-ring (bicyclic) bond motifs is 1. The summed E-state index contributed by atoms with van der Waals surface area (Å²) in [5, 5.41) is 10.4. The van der Waals surface area contributed by atoms with Gasteiger partial charge in [-0.3, -0.25) is 9.59 Å². The molecule has 1 aliphatic heterocycles. The highest BCUT2D eigenvalue weighted by molar-refractivity contribution is 6.02. The van der Waals surface area contributed by atoms with Crippen LogP contribution in [0.25, 0.3) is 10.9 Å². The Labute approximate surface area is 160 Å². The van der Waals surface area contributed by atoms with Gasteiger partial charge in [-0.1, -0.05) is 26.0 Å². The highest BCUT2D eigenvalue weighted by atomic mass is 16.4. The Balaban J connectivity index is 2.07. The number of rotatable bonds is 5. The van der Waals surface area contributed by atoms with Gasteiger partial charge >= 0.3 is 5.97 Å². The molecule has 0 aliphatic carbocycles. The zero-order valence-electron chi connectivity index (χ0n) is 16.4. The number of hydrogen-bond acceptors (Lipinski definition) is 2. The molecule has 1 aliphatic rings. The fourth-order valence-corrected chi connectivity index (χ4v) is 4.01. The van der Waals surface area contributed by atoms with Gasteiger partial charge in [0.2, 0.25) is 0 Å². The molecule has 1 aromatic carbocycles. The summed E-state index contributed by atoms with van der Waals surface area (Å²) in [6, 6.07) is 6.36. The highest BCUT2D eigenvalue weighted by Crippen LogP contribution is 2.31. The number of benzene rings is 1. The minimum absolute atomic E-state index is 0.0809. The van der Waals surface area contributed by atoms with E-state index in [0.717, 1.165) is 22.9 Å². The van der Waals surface area contributed by atoms with Gasteiger partial charge in [0.05, 0.1) is 5.92 Å². The quantitative estimate of drug-likeness (QED) is 0.805. The van der Waals surface area contributed by atoms with Crippen molar-refractivity contribution in [1.29, 1.82) is 0 Å². The molecule has 5 nitrogen and oxygen atoms in total. The molecular weight excluding hydrogens is 340 g/mol. The zero-order chi connectivity index (χ0) is 19.7. The molecule has 144 valence electrons. The summed E-state index contributed by atoms with van der Waals surface area (Å²) in [5.41, 5.74) is 3.87. The third-order valence-corrected chi connectivity index (χ3v) is 5.58. The van der Waals surface area contributed by atoms with E-state index in [1.165, 1.54) is 5.56 Å². The van der Waals surface area contributed by atoms with Crippen LogP contribution in [0.2, 0.25) is 0 Å². The molecule has 0 spiro atoms. The van der Waals surface area contributed by atoms with E-state index < -0.39 is 11.9 Å². The summed E-state index contributed by atoms with van der Waals surface area (Å²) in [4.78, 5) is 26.4. The van der Waals surface area contributed by atoms with E-state index in [2.05, 4.69) is 38.6 Å². The lowest BCUT2D eigenvalue weighted by atomic mass is 9.97. The number of carboxylic acids is 1. The third-order valence-electron chi connectivity index (χ3n) is 5.58. The number of carbonyl (C=O) groups excluding carboxylic acids is 1. The Morgan fingerprint density at radius 2 is 2.11 bits per heavy atom. The number of aliphatic carboxylic acids is 1. The van der Waals surface area contributed by atoms with Crippen LogP contribution in [-0.4, -0.2) is 39.5 Å². The first kappa shape index (κ1) is 19.2. The summed E-state index contributed by atoms with van der Waals surface area (Å²) >= 11 is 0. The summed E-state index contributed by atoms with van der Waals surface area (Å²) in [6.45, 7) is 11.6. The number of allylic oxidation sites excluding steroid dienone is 1. The van der Waals surface area contributed by atoms with Gasteiger partial charge in [0, 0.05) is 30.5 Å². The largest absolute Gasteiger partial charge is 0.481 e. The molecule has 0 bridgehead atoms. The molecule has 2 heterocycles. The van der Waals surface area contributed by atoms with Crippen molar-refractivity contribution in [2.24, 2.45) is 5.92 Å². The normalized spacial score (nSPS) is 17.5. The Bertz CT molecular complexity index is 895. The molecule has 1 aromatic heterocycles. The molecule has 1 saturated heterocycles. The predicted octanol–water partition coefficient (Wildman–Crippen LogP) is 4.20. The Morgan fingerprint density at radius 1 is 1.37 bits per heavy atom. The lowest BCUT2D eigenvalue weighted by Crippen LogP contribution is -2.43. The van der Waals surface area contributed by atoms with Crippen molar-refractivity contribution in [2.45, 2.75) is 46.1 Å². The fraction of sp³-hybridized carbons (Fsp3) is 0.455. The number of likely N-dealkylation sites (tertiary alicyclic amines) is 1. The monoisotopic (exact) mass is 368 g/mol. The second kappa shape index (κ2) is 7.59. The van der Waals surface area contributed by atoms with Crippen molar-refractivity contribution < 1.29 is 14.7 Å². The van der Waals surface area contributed by atoms with Crippen LogP contribution in [0.15, 0.2) is 30.9 Å². The maximum Gasteiger partial charge on any atom is 0.308 e. The molecule has 1 unspecified atom stereocenters. The molecule has 5 heteroatoms. The topological polar surface area (TPSA) is 62.5 Å². The fourth-order valence-electron chi connectivity index (χ4n) is 4.01. The SMILES string of the molecule is C=CCn1c(C(=O)N2CCCC(C(=O)O)C2)c(C)c2cc(C(C)C)ccc21. The first-order chi connectivity index (χ1) is 12.8. The van der Waals surface area contributed by atoms with E-state index in [1.54, 1.807) is 11.0 Å². The maximum absolute atomic E-state index is 13.4. The number of aromatic nitrogens is 1. The molecule has 0 radical (unpaired) electrons. The van der Waals surface area contributed by atoms with E-state index in [4.69, 9.17) is 0 Å². The maximum atomic E-state index is 13.4. The van der Waals surface area contributed by atoms with Crippen LogP contribution in [0.4, 0.5) is 0 Å². The van der Waals surface area contributed by atoms with E-state index in [1.807, 2.05) is 11.5 Å². The molecule has 3 rings (SSSR count). The number of hydrogen-bond donors (Lipinski definition) is 1. The number of carbonyl (C=O) groups is 2. The van der Waals surface area contributed by atoms with Crippen LogP contribution in [-0.2, 0) is 11.3 Å². The highest BCUT2D eigenvalue weighted by Gasteiger charge is 2.31. The van der Waals surface area contributed by atoms with Crippen molar-refractivity contribution in [3.63, 3.8) is 0 Å². The first-order valence-corrected chi connectivity index (χ1v) is 9.60. The van der Waals surface area contributed by atoms with Gasteiger partial charge in [-0.25, -0.2) is 0 Å². The smallest absolute Gasteiger partial charge is 0.308 e. The van der Waals surface area contributed by atoms with E-state index >= 15 is 0 Å². The Morgan fingerprint density at radius 3 is 2.74 bits per heavy atom. The molecule has 1 amide bonds. The van der Waals surface area contributed by atoms with Crippen molar-refractivity contribution in [2.75, 3.05) is 13.1 Å². The van der Waals surface area contributed by atoms with Crippen LogP contribution in [0, 0.1) is 12.8 Å². The Kier molecular flexibility index (Phi) is 5.40. The number of amides is 1. The number of piperidine rings is 1. The van der Waals surface area contributed by atoms with Crippen LogP contribution >= 0.6 is 0 Å². The molecule has 1 N–H and O–H groups in total. The molecule has 1 atom stereocenters. The lowest BCUT2D eigenvalue weighted by Gasteiger charge is -2.31. The molecule has 2 aromatic rings. The zero-order valence-corrected chi connectivity index (χ0v) is 16.4. The average molecular weight is 368 g/mol. The predicted molar refractivity (Wildman–Crippen MR) is 107 cm³/mol. The second-order valence-electron chi connectivity index (χ2n) is 7.73. The molecule has 27 heavy (non-hydrogen) atoms. The van der Waals surface area contributed by atoms with Gasteiger partial charge in [0.15, 0.2) is 0 Å². The van der Waals surface area contributed by atoms with Crippen LogP contribution in [0.3, 0.4) is 0 Å². The van der Waals surface area contributed by atoms with Crippen LogP contribution < -0.4 is 0 Å². The minimum Gasteiger partial charge on any atom is -0.481 e. The Hall–Kier alpha value is -2.56. The first-order valence-electron chi connectivity index (χ1n) is 9.60. The van der Waals surface area contributed by atoms with Crippen molar-refractivity contribution >= 4 is 22.8 Å². The van der Waals surface area contributed by atoms with Gasteiger partial charge in [-0.05, 0) is 48.9 Å². The summed E-state index contributed by atoms with van der Waals surface area (Å²) < 4.78 is 2.01. The summed E-state index contributed by atoms with van der Waals surface area (Å²) in [5.74, 6) is -0.970. The summed E-state index contributed by atoms with van der Waals surface area (Å²) in [6.07, 6.45) is 3.15. The molecule has 0 saturated carbocycles. The van der Waals surface area contributed by atoms with Crippen molar-refractivity contribution in [3.05, 3.63) is 47.7 Å². The average Bonchev–Trinajstić information content (AvgIpc) is 2.93. The van der Waals surface area contributed by atoms with E-state index in [9.17, 15) is 14.7 Å². The minimum atomic E-state index is -0.822. The van der Waals surface area contributed by atoms with Gasteiger partial charge in [-0.2, -0.15) is 0 Å². The van der Waals surface area contributed by atoms with Crippen molar-refractivity contribution in [1.82, 2.24) is 9.47 Å². The third kappa shape index (κ3) is 3.51. The molecule has 1 fully saturated rings. The number of aryl methyl sites for hydroxylation is 1. The van der Waals surface area contributed by atoms with E-state index in [-0.39, 0.29) is 12.5 Å². The number of carboxylic acid groups (broad SMARTS) is 1. The number of nitrogens with zero attached hydrogens (tertiary/aromatic N) is 2. The van der Waals surface area contributed by atoms with Gasteiger partial charge in [-0.15, -0.1) is 6.58 Å². The second-order valence-corrected chi connectivity index (χ2v) is 7.73. The van der Waals surface area contributed by atoms with Crippen molar-refractivity contribution in [3.8, 4) is 0 Å². The van der Waals surface area contributed by atoms with Gasteiger partial charge < -0.3 is 14.6 Å². The van der Waals surface area contributed by atoms with Crippen LogP contribution in [0.5, 0.6) is 0 Å². The van der Waals surface area contributed by atoms with Crippen LogP contribution in [0.1, 0.15) is 54.2 Å². The summed E-state index contributed by atoms with van der Waals surface area (Å²) in [7, 11) is 0. The molecular formula is C22H28N2O3.